The molecular formula is C23H25NOS2. The van der Waals surface area contributed by atoms with Gasteiger partial charge in [0.05, 0.1) is 7.11 Å². The molecule has 0 atom stereocenters. The van der Waals surface area contributed by atoms with E-state index >= 15 is 0 Å². The smallest absolute Gasteiger partial charge is 0.119 e. The van der Waals surface area contributed by atoms with Crippen LogP contribution >= 0.6 is 22.7 Å². The number of nitrogens with zero attached hydrogens (tertiary/aromatic N) is 1. The largest absolute Gasteiger partial charge is 0.497 e. The number of benzene rings is 1. The summed E-state index contributed by atoms with van der Waals surface area (Å²) in [4.78, 5) is 8.08. The molecule has 0 unspecified atom stereocenters. The summed E-state index contributed by atoms with van der Waals surface area (Å²) in [6.45, 7) is 10.8. The van der Waals surface area contributed by atoms with Crippen molar-refractivity contribution in [3.8, 4) is 5.75 Å². The van der Waals surface area contributed by atoms with E-state index in [1.54, 1.807) is 7.11 Å². The van der Waals surface area contributed by atoms with Crippen LogP contribution in [0.4, 0.5) is 5.69 Å². The van der Waals surface area contributed by atoms with Crippen molar-refractivity contribution < 1.29 is 4.74 Å². The van der Waals surface area contributed by atoms with Gasteiger partial charge in [0.2, 0.25) is 0 Å². The number of methoxy groups -OCH3 is 1. The van der Waals surface area contributed by atoms with Crippen LogP contribution < -0.4 is 9.64 Å². The Morgan fingerprint density at radius 2 is 1.26 bits per heavy atom. The highest BCUT2D eigenvalue weighted by molar-refractivity contribution is 7.12. The van der Waals surface area contributed by atoms with E-state index in [1.165, 1.54) is 47.5 Å². The fourth-order valence-electron chi connectivity index (χ4n) is 3.96. The highest BCUT2D eigenvalue weighted by Gasteiger charge is 2.27. The fraction of sp³-hybridized carbons (Fsp3) is 0.304. The van der Waals surface area contributed by atoms with Gasteiger partial charge in [-0.15, -0.1) is 22.7 Å². The monoisotopic (exact) mass is 395 g/mol. The first-order chi connectivity index (χ1) is 13.0. The van der Waals surface area contributed by atoms with Gasteiger partial charge in [-0.2, -0.15) is 0 Å². The number of anilines is 1. The molecule has 1 aromatic carbocycles. The molecule has 0 saturated carbocycles. The van der Waals surface area contributed by atoms with E-state index in [-0.39, 0.29) is 0 Å². The van der Waals surface area contributed by atoms with Crippen LogP contribution in [0, 0.1) is 27.7 Å². The van der Waals surface area contributed by atoms with Crippen LogP contribution in [0.3, 0.4) is 0 Å². The van der Waals surface area contributed by atoms with Crippen LogP contribution in [0.1, 0.15) is 30.6 Å². The van der Waals surface area contributed by atoms with Crippen molar-refractivity contribution in [1.29, 1.82) is 0 Å². The summed E-state index contributed by atoms with van der Waals surface area (Å²) < 4.78 is 5.32. The lowest BCUT2D eigenvalue weighted by atomic mass is 9.97. The lowest BCUT2D eigenvalue weighted by Gasteiger charge is -2.19. The number of ether oxygens (including phenoxy) is 1. The van der Waals surface area contributed by atoms with Crippen molar-refractivity contribution in [3.63, 3.8) is 0 Å². The van der Waals surface area contributed by atoms with Gasteiger partial charge >= 0.3 is 0 Å². The summed E-state index contributed by atoms with van der Waals surface area (Å²) in [5.41, 5.74) is 7.05. The van der Waals surface area contributed by atoms with Gasteiger partial charge < -0.3 is 9.64 Å². The Labute approximate surface area is 169 Å². The summed E-state index contributed by atoms with van der Waals surface area (Å²) >= 11 is 3.80. The van der Waals surface area contributed by atoms with Crippen molar-refractivity contribution in [2.75, 3.05) is 25.1 Å². The maximum absolute atomic E-state index is 5.32. The van der Waals surface area contributed by atoms with Gasteiger partial charge in [-0.3, -0.25) is 0 Å². The lowest BCUT2D eigenvalue weighted by Crippen LogP contribution is -2.20. The van der Waals surface area contributed by atoms with Crippen LogP contribution in [-0.2, 0) is 0 Å². The Morgan fingerprint density at radius 3 is 1.63 bits per heavy atom. The Hall–Kier alpha value is -2.04. The van der Waals surface area contributed by atoms with E-state index in [9.17, 15) is 0 Å². The van der Waals surface area contributed by atoms with Gasteiger partial charge in [-0.25, -0.2) is 0 Å². The van der Waals surface area contributed by atoms with Crippen LogP contribution in [0.2, 0.25) is 0 Å². The average molecular weight is 396 g/mol. The van der Waals surface area contributed by atoms with Crippen molar-refractivity contribution in [2.45, 2.75) is 27.7 Å². The summed E-state index contributed by atoms with van der Waals surface area (Å²) in [7, 11) is 1.71. The topological polar surface area (TPSA) is 12.5 Å². The Balaban J connectivity index is 1.77. The molecular weight excluding hydrogens is 370 g/mol. The fourth-order valence-corrected chi connectivity index (χ4v) is 5.86. The molecule has 27 heavy (non-hydrogen) atoms. The molecule has 1 aliphatic rings. The van der Waals surface area contributed by atoms with Crippen molar-refractivity contribution in [2.24, 2.45) is 0 Å². The first-order valence-electron chi connectivity index (χ1n) is 9.22. The molecule has 140 valence electrons. The summed E-state index contributed by atoms with van der Waals surface area (Å²) in [5.74, 6) is 0.903. The summed E-state index contributed by atoms with van der Waals surface area (Å²) in [6.07, 6.45) is 0. The molecule has 2 aromatic heterocycles. The van der Waals surface area contributed by atoms with Gasteiger partial charge in [0.1, 0.15) is 5.75 Å². The second-order valence-corrected chi connectivity index (χ2v) is 10.1. The van der Waals surface area contributed by atoms with E-state index in [0.29, 0.717) is 0 Å². The second kappa shape index (κ2) is 7.17. The summed E-state index contributed by atoms with van der Waals surface area (Å²) in [5, 5.41) is 0. The third kappa shape index (κ3) is 3.44. The van der Waals surface area contributed by atoms with Crippen LogP contribution in [0.25, 0.3) is 11.1 Å². The molecule has 4 heteroatoms. The molecule has 0 amide bonds. The SMILES string of the molecule is COc1ccc(N2CC(c3cc(C)sc3C)=C(c3cc(C)sc3C)C2)cc1. The normalized spacial score (nSPS) is 14.3. The quantitative estimate of drug-likeness (QED) is 0.501. The molecule has 0 fully saturated rings. The highest BCUT2D eigenvalue weighted by atomic mass is 32.1. The zero-order valence-corrected chi connectivity index (χ0v) is 18.2. The van der Waals surface area contributed by atoms with Gasteiger partial charge in [-0.05, 0) is 86.4 Å². The van der Waals surface area contributed by atoms with Crippen LogP contribution in [-0.4, -0.2) is 20.2 Å². The minimum atomic E-state index is 0.903. The van der Waals surface area contributed by atoms with Crippen molar-refractivity contribution in [3.05, 3.63) is 67.0 Å². The molecule has 3 aromatic rings. The predicted molar refractivity (Wildman–Crippen MR) is 120 cm³/mol. The van der Waals surface area contributed by atoms with Gasteiger partial charge in [0.25, 0.3) is 0 Å². The molecule has 4 rings (SSSR count). The van der Waals surface area contributed by atoms with E-state index < -0.39 is 0 Å². The van der Waals surface area contributed by atoms with Crippen LogP contribution in [0.15, 0.2) is 36.4 Å². The molecule has 0 N–H and O–H groups in total. The molecule has 0 saturated heterocycles. The first kappa shape index (κ1) is 18.3. The molecule has 0 aliphatic carbocycles. The maximum atomic E-state index is 5.32. The Bertz CT molecular complexity index is 949. The Kier molecular flexibility index (Phi) is 4.87. The average Bonchev–Trinajstić information content (AvgIpc) is 3.31. The van der Waals surface area contributed by atoms with Gasteiger partial charge in [0, 0.05) is 38.3 Å². The third-order valence-corrected chi connectivity index (χ3v) is 7.16. The number of hydrogen-bond donors (Lipinski definition) is 0. The zero-order chi connectivity index (χ0) is 19.1. The molecule has 0 bridgehead atoms. The van der Waals surface area contributed by atoms with E-state index in [0.717, 1.165) is 18.8 Å². The predicted octanol–water partition coefficient (Wildman–Crippen LogP) is 6.48. The van der Waals surface area contributed by atoms with Crippen LogP contribution in [0.5, 0.6) is 5.75 Å². The minimum Gasteiger partial charge on any atom is -0.497 e. The second-order valence-electron chi connectivity index (χ2n) is 7.17. The maximum Gasteiger partial charge on any atom is 0.119 e. The lowest BCUT2D eigenvalue weighted by molar-refractivity contribution is 0.415. The number of aryl methyl sites for hydroxylation is 4. The molecule has 2 nitrogen and oxygen atoms in total. The van der Waals surface area contributed by atoms with E-state index in [1.807, 2.05) is 34.8 Å². The molecule has 3 heterocycles. The van der Waals surface area contributed by atoms with E-state index in [2.05, 4.69) is 56.9 Å². The minimum absolute atomic E-state index is 0.903. The van der Waals surface area contributed by atoms with Crippen molar-refractivity contribution in [1.82, 2.24) is 0 Å². The summed E-state index contributed by atoms with van der Waals surface area (Å²) in [6, 6.07) is 13.1. The molecule has 0 radical (unpaired) electrons. The number of rotatable bonds is 4. The third-order valence-electron chi connectivity index (χ3n) is 5.23. The number of hydrogen-bond acceptors (Lipinski definition) is 4. The van der Waals surface area contributed by atoms with Crippen molar-refractivity contribution >= 4 is 39.5 Å². The zero-order valence-electron chi connectivity index (χ0n) is 16.6. The molecule has 0 spiro atoms. The highest BCUT2D eigenvalue weighted by Crippen LogP contribution is 2.41. The van der Waals surface area contributed by atoms with Gasteiger partial charge in [-0.1, -0.05) is 0 Å². The van der Waals surface area contributed by atoms with Gasteiger partial charge in [0.15, 0.2) is 0 Å². The standard InChI is InChI=1S/C23H25NOS2/c1-14-10-20(16(3)26-14)22-12-24(18-6-8-19(25-5)9-7-18)13-23(22)21-11-15(2)27-17(21)4/h6-11H,12-13H2,1-5H3. The molecule has 1 aliphatic heterocycles. The number of thiophene rings is 2. The van der Waals surface area contributed by atoms with E-state index in [4.69, 9.17) is 4.74 Å². The Morgan fingerprint density at radius 1 is 0.778 bits per heavy atom. The first-order valence-corrected chi connectivity index (χ1v) is 10.9.